The van der Waals surface area contributed by atoms with Crippen molar-refractivity contribution in [1.82, 2.24) is 14.9 Å². The predicted octanol–water partition coefficient (Wildman–Crippen LogP) is 1.35. The Morgan fingerprint density at radius 1 is 1.33 bits per heavy atom. The summed E-state index contributed by atoms with van der Waals surface area (Å²) in [7, 11) is 1.69. The van der Waals surface area contributed by atoms with E-state index in [1.165, 1.54) is 5.69 Å². The first-order chi connectivity index (χ1) is 8.79. The van der Waals surface area contributed by atoms with Gasteiger partial charge in [0.2, 0.25) is 0 Å². The summed E-state index contributed by atoms with van der Waals surface area (Å²) in [6, 6.07) is 0. The Balaban J connectivity index is 2.29. The number of nitrogens with one attached hydrogen (secondary N) is 1. The molecule has 1 rings (SSSR count). The summed E-state index contributed by atoms with van der Waals surface area (Å²) in [6.07, 6.45) is 2.95. The van der Waals surface area contributed by atoms with E-state index in [-0.39, 0.29) is 0 Å². The number of aromatic nitrogens is 2. The lowest BCUT2D eigenvalue weighted by molar-refractivity contribution is 0.0679. The molecule has 0 unspecified atom stereocenters. The van der Waals surface area contributed by atoms with Gasteiger partial charge in [0.1, 0.15) is 5.82 Å². The van der Waals surface area contributed by atoms with Crippen molar-refractivity contribution in [1.29, 1.82) is 0 Å². The Bertz CT molecular complexity index is 326. The van der Waals surface area contributed by atoms with Crippen molar-refractivity contribution in [3.8, 4) is 0 Å². The van der Waals surface area contributed by atoms with Crippen LogP contribution in [0.3, 0.4) is 0 Å². The quantitative estimate of drug-likeness (QED) is 0.641. The molecule has 0 atom stereocenters. The highest BCUT2D eigenvalue weighted by atomic mass is 16.5. The second-order valence-corrected chi connectivity index (χ2v) is 4.19. The molecule has 1 aromatic heterocycles. The van der Waals surface area contributed by atoms with Gasteiger partial charge in [-0.1, -0.05) is 6.92 Å². The second kappa shape index (κ2) is 9.08. The number of ether oxygens (including phenoxy) is 2. The van der Waals surface area contributed by atoms with E-state index in [0.29, 0.717) is 13.2 Å². The minimum Gasteiger partial charge on any atom is -0.382 e. The van der Waals surface area contributed by atoms with Gasteiger partial charge in [-0.15, -0.1) is 0 Å². The molecule has 1 heterocycles. The first kappa shape index (κ1) is 15.1. The molecule has 0 aliphatic heterocycles. The lowest BCUT2D eigenvalue weighted by Gasteiger charge is -2.10. The van der Waals surface area contributed by atoms with Crippen LogP contribution in [0.4, 0.5) is 0 Å². The van der Waals surface area contributed by atoms with Gasteiger partial charge >= 0.3 is 0 Å². The van der Waals surface area contributed by atoms with Gasteiger partial charge in [0.15, 0.2) is 0 Å². The molecule has 0 aliphatic carbocycles. The summed E-state index contributed by atoms with van der Waals surface area (Å²) >= 11 is 0. The second-order valence-electron chi connectivity index (χ2n) is 4.19. The van der Waals surface area contributed by atoms with E-state index >= 15 is 0 Å². The molecule has 0 fully saturated rings. The van der Waals surface area contributed by atoms with Crippen LogP contribution in [-0.4, -0.2) is 43.0 Å². The Morgan fingerprint density at radius 3 is 2.89 bits per heavy atom. The smallest absolute Gasteiger partial charge is 0.105 e. The standard InChI is InChI=1S/C13H25N3O2/c1-4-14-10-13-11-15-12(2)16(13)6-5-7-18-9-8-17-3/h11,14H,4-10H2,1-3H3. The van der Waals surface area contributed by atoms with Gasteiger partial charge in [-0.25, -0.2) is 4.98 Å². The summed E-state index contributed by atoms with van der Waals surface area (Å²) in [5.41, 5.74) is 1.24. The highest BCUT2D eigenvalue weighted by Crippen LogP contribution is 2.06. The number of hydrogen-bond donors (Lipinski definition) is 1. The van der Waals surface area contributed by atoms with E-state index in [1.54, 1.807) is 7.11 Å². The molecule has 104 valence electrons. The number of rotatable bonds is 10. The molecule has 1 N–H and O–H groups in total. The average Bonchev–Trinajstić information content (AvgIpc) is 2.72. The minimum atomic E-state index is 0.662. The molecule has 0 saturated carbocycles. The third-order valence-electron chi connectivity index (χ3n) is 2.80. The van der Waals surface area contributed by atoms with E-state index in [4.69, 9.17) is 9.47 Å². The zero-order valence-electron chi connectivity index (χ0n) is 11.7. The van der Waals surface area contributed by atoms with Crippen LogP contribution in [0.5, 0.6) is 0 Å². The van der Waals surface area contributed by atoms with Gasteiger partial charge in [0.05, 0.1) is 18.9 Å². The first-order valence-electron chi connectivity index (χ1n) is 6.58. The van der Waals surface area contributed by atoms with Crippen LogP contribution in [0.1, 0.15) is 24.9 Å². The summed E-state index contributed by atoms with van der Waals surface area (Å²) in [4.78, 5) is 4.36. The van der Waals surface area contributed by atoms with Gasteiger partial charge in [0, 0.05) is 33.0 Å². The van der Waals surface area contributed by atoms with Crippen molar-refractivity contribution in [2.45, 2.75) is 33.4 Å². The maximum Gasteiger partial charge on any atom is 0.105 e. The van der Waals surface area contributed by atoms with Crippen molar-refractivity contribution < 1.29 is 9.47 Å². The zero-order valence-corrected chi connectivity index (χ0v) is 11.7. The molecular formula is C13H25N3O2. The van der Waals surface area contributed by atoms with E-state index in [9.17, 15) is 0 Å². The van der Waals surface area contributed by atoms with Crippen LogP contribution in [-0.2, 0) is 22.6 Å². The van der Waals surface area contributed by atoms with Crippen molar-refractivity contribution >= 4 is 0 Å². The minimum absolute atomic E-state index is 0.662. The van der Waals surface area contributed by atoms with Crippen molar-refractivity contribution in [2.24, 2.45) is 0 Å². The van der Waals surface area contributed by atoms with Gasteiger partial charge < -0.3 is 19.4 Å². The van der Waals surface area contributed by atoms with E-state index in [2.05, 4.69) is 21.8 Å². The van der Waals surface area contributed by atoms with Crippen LogP contribution in [0.15, 0.2) is 6.20 Å². The van der Waals surface area contributed by atoms with Crippen LogP contribution < -0.4 is 5.32 Å². The lowest BCUT2D eigenvalue weighted by atomic mass is 10.4. The molecule has 0 saturated heterocycles. The highest BCUT2D eigenvalue weighted by molar-refractivity contribution is 5.04. The fourth-order valence-electron chi connectivity index (χ4n) is 1.78. The maximum atomic E-state index is 5.46. The summed E-state index contributed by atoms with van der Waals surface area (Å²) < 4.78 is 12.6. The van der Waals surface area contributed by atoms with E-state index in [1.807, 2.05) is 13.1 Å². The summed E-state index contributed by atoms with van der Waals surface area (Å²) in [6.45, 7) is 9.06. The van der Waals surface area contributed by atoms with Crippen LogP contribution in [0.2, 0.25) is 0 Å². The SMILES string of the molecule is CCNCc1cnc(C)n1CCCOCCOC. The molecule has 0 aliphatic rings. The monoisotopic (exact) mass is 255 g/mol. The summed E-state index contributed by atoms with van der Waals surface area (Å²) in [5.74, 6) is 1.07. The van der Waals surface area contributed by atoms with Crippen LogP contribution in [0, 0.1) is 6.92 Å². The molecule has 0 radical (unpaired) electrons. The molecule has 1 aromatic rings. The molecule has 5 heteroatoms. The third-order valence-corrected chi connectivity index (χ3v) is 2.80. The topological polar surface area (TPSA) is 48.3 Å². The largest absolute Gasteiger partial charge is 0.382 e. The average molecular weight is 255 g/mol. The Kier molecular flexibility index (Phi) is 7.64. The molecular weight excluding hydrogens is 230 g/mol. The number of imidazole rings is 1. The normalized spacial score (nSPS) is 11.1. The predicted molar refractivity (Wildman–Crippen MR) is 71.7 cm³/mol. The molecule has 18 heavy (non-hydrogen) atoms. The van der Waals surface area contributed by atoms with Gasteiger partial charge in [-0.2, -0.15) is 0 Å². The van der Waals surface area contributed by atoms with Gasteiger partial charge in [0.25, 0.3) is 0 Å². The Hall–Kier alpha value is -0.910. The molecule has 0 aromatic carbocycles. The Morgan fingerprint density at radius 2 is 2.17 bits per heavy atom. The fraction of sp³-hybridized carbons (Fsp3) is 0.769. The zero-order chi connectivity index (χ0) is 13.2. The fourth-order valence-corrected chi connectivity index (χ4v) is 1.78. The van der Waals surface area contributed by atoms with Crippen molar-refractivity contribution in [2.75, 3.05) is 33.5 Å². The maximum absolute atomic E-state index is 5.46. The van der Waals surface area contributed by atoms with Gasteiger partial charge in [-0.05, 0) is 19.9 Å². The number of nitrogens with zero attached hydrogens (tertiary/aromatic N) is 2. The van der Waals surface area contributed by atoms with Crippen molar-refractivity contribution in [3.05, 3.63) is 17.7 Å². The first-order valence-corrected chi connectivity index (χ1v) is 6.58. The molecule has 0 amide bonds. The highest BCUT2D eigenvalue weighted by Gasteiger charge is 2.05. The van der Waals surface area contributed by atoms with Crippen molar-refractivity contribution in [3.63, 3.8) is 0 Å². The lowest BCUT2D eigenvalue weighted by Crippen LogP contribution is -2.16. The van der Waals surface area contributed by atoms with Crippen LogP contribution >= 0.6 is 0 Å². The third kappa shape index (κ3) is 5.16. The number of aryl methyl sites for hydroxylation is 1. The van der Waals surface area contributed by atoms with Gasteiger partial charge in [-0.3, -0.25) is 0 Å². The molecule has 0 spiro atoms. The molecule has 0 bridgehead atoms. The van der Waals surface area contributed by atoms with E-state index < -0.39 is 0 Å². The number of methoxy groups -OCH3 is 1. The van der Waals surface area contributed by atoms with Crippen LogP contribution in [0.25, 0.3) is 0 Å². The molecule has 5 nitrogen and oxygen atoms in total. The number of hydrogen-bond acceptors (Lipinski definition) is 4. The summed E-state index contributed by atoms with van der Waals surface area (Å²) in [5, 5.41) is 3.33. The van der Waals surface area contributed by atoms with E-state index in [0.717, 1.165) is 38.5 Å². The Labute approximate surface area is 109 Å².